The average Bonchev–Trinajstić information content (AvgIpc) is 3.19. The van der Waals surface area contributed by atoms with Crippen molar-refractivity contribution in [2.24, 2.45) is 0 Å². The van der Waals surface area contributed by atoms with E-state index in [0.717, 1.165) is 51.4 Å². The summed E-state index contributed by atoms with van der Waals surface area (Å²) in [5.41, 5.74) is 0. The summed E-state index contributed by atoms with van der Waals surface area (Å²) in [6, 6.07) is -0.850. The Kier molecular flexibility index (Phi) is 34.9. The number of hydrogen-bond donors (Lipinski definition) is 6. The van der Waals surface area contributed by atoms with Crippen molar-refractivity contribution in [3.05, 3.63) is 0 Å². The van der Waals surface area contributed by atoms with Crippen LogP contribution in [0.2, 0.25) is 0 Å². The van der Waals surface area contributed by atoms with Crippen LogP contribution in [-0.2, 0) is 28.9 Å². The highest BCUT2D eigenvalue weighted by Crippen LogP contribution is 2.26. The SMILES string of the molecule is CCCCCCCCCCCCCCCCCCCCCCCC(O)C(COC1OC(CO)C(O)C(OS(=O)(=O)O)C1O)NC(=O)CCCCCCCCCCCC. The van der Waals surface area contributed by atoms with E-state index in [1.165, 1.54) is 148 Å². The second-order valence-corrected chi connectivity index (χ2v) is 18.1. The van der Waals surface area contributed by atoms with Crippen LogP contribution < -0.4 is 5.32 Å². The van der Waals surface area contributed by atoms with Crippen molar-refractivity contribution < 1.29 is 51.8 Å². The van der Waals surface area contributed by atoms with Crippen LogP contribution in [0.15, 0.2) is 0 Å². The summed E-state index contributed by atoms with van der Waals surface area (Å²) in [5.74, 6) is -0.229. The van der Waals surface area contributed by atoms with Gasteiger partial charge in [-0.15, -0.1) is 0 Å². The maximum Gasteiger partial charge on any atom is 0.397 e. The van der Waals surface area contributed by atoms with E-state index in [-0.39, 0.29) is 12.5 Å². The molecule has 7 atom stereocenters. The molecule has 1 rings (SSSR count). The minimum absolute atomic E-state index is 0.229. The zero-order chi connectivity index (χ0) is 42.7. The van der Waals surface area contributed by atoms with Crippen molar-refractivity contribution in [3.8, 4) is 0 Å². The molecule has 1 aliphatic rings. The number of nitrogens with one attached hydrogen (secondary N) is 1. The van der Waals surface area contributed by atoms with Gasteiger partial charge in [0.25, 0.3) is 0 Å². The molecule has 1 amide bonds. The molecule has 1 saturated heterocycles. The molecule has 346 valence electrons. The molecule has 13 heteroatoms. The lowest BCUT2D eigenvalue weighted by Gasteiger charge is -2.41. The summed E-state index contributed by atoms with van der Waals surface area (Å²) in [5, 5.41) is 44.8. The van der Waals surface area contributed by atoms with Crippen LogP contribution in [0, 0.1) is 0 Å². The van der Waals surface area contributed by atoms with Crippen molar-refractivity contribution in [2.45, 2.75) is 269 Å². The molecule has 1 fully saturated rings. The molecule has 6 N–H and O–H groups in total. The monoisotopic (exact) mass is 852 g/mol. The zero-order valence-corrected chi connectivity index (χ0v) is 37.7. The summed E-state index contributed by atoms with van der Waals surface area (Å²) < 4.78 is 47.6. The van der Waals surface area contributed by atoms with Gasteiger partial charge in [0.1, 0.15) is 24.4 Å². The standard InChI is InChI=1S/C45H89NO11S/c1-3-5-7-9-11-13-15-16-17-18-19-20-21-22-23-24-25-26-28-30-32-34-39(48)38(46-41(49)35-33-31-29-27-14-12-10-8-6-4-2)37-55-45-43(51)44(57-58(52,53)54)42(50)40(36-47)56-45/h38-40,42-45,47-48,50-51H,3-37H2,1-2H3,(H,46,49)(H,52,53,54). The molecule has 0 aromatic carbocycles. The Hall–Kier alpha value is -0.900. The molecule has 0 aromatic heterocycles. The summed E-state index contributed by atoms with van der Waals surface area (Å²) in [4.78, 5) is 13.0. The molecule has 0 saturated carbocycles. The van der Waals surface area contributed by atoms with Crippen LogP contribution in [0.25, 0.3) is 0 Å². The predicted molar refractivity (Wildman–Crippen MR) is 232 cm³/mol. The fourth-order valence-corrected chi connectivity index (χ4v) is 8.44. The first-order valence-corrected chi connectivity index (χ1v) is 25.3. The van der Waals surface area contributed by atoms with Crippen molar-refractivity contribution in [2.75, 3.05) is 13.2 Å². The van der Waals surface area contributed by atoms with Crippen LogP contribution in [0.1, 0.15) is 226 Å². The molecule has 0 aliphatic carbocycles. The fraction of sp³-hybridized carbons (Fsp3) is 0.978. The lowest BCUT2D eigenvalue weighted by Crippen LogP contribution is -2.61. The third-order valence-corrected chi connectivity index (χ3v) is 12.1. The second kappa shape index (κ2) is 36.7. The van der Waals surface area contributed by atoms with Gasteiger partial charge in [0.05, 0.1) is 25.4 Å². The lowest BCUT2D eigenvalue weighted by molar-refractivity contribution is -0.298. The fourth-order valence-electron chi connectivity index (χ4n) is 7.93. The van der Waals surface area contributed by atoms with Crippen LogP contribution >= 0.6 is 0 Å². The largest absolute Gasteiger partial charge is 0.397 e. The van der Waals surface area contributed by atoms with Crippen molar-refractivity contribution >= 4 is 16.3 Å². The van der Waals surface area contributed by atoms with Gasteiger partial charge in [-0.2, -0.15) is 8.42 Å². The van der Waals surface area contributed by atoms with E-state index < -0.39 is 59.9 Å². The number of ether oxygens (including phenoxy) is 2. The van der Waals surface area contributed by atoms with Crippen molar-refractivity contribution in [1.29, 1.82) is 0 Å². The van der Waals surface area contributed by atoms with Crippen molar-refractivity contribution in [3.63, 3.8) is 0 Å². The summed E-state index contributed by atoms with van der Waals surface area (Å²) >= 11 is 0. The van der Waals surface area contributed by atoms with Gasteiger partial charge in [-0.25, -0.2) is 4.18 Å². The maximum absolute atomic E-state index is 13.0. The minimum Gasteiger partial charge on any atom is -0.394 e. The quantitative estimate of drug-likeness (QED) is 0.0254. The summed E-state index contributed by atoms with van der Waals surface area (Å²) in [6.07, 6.45) is 29.7. The van der Waals surface area contributed by atoms with Crippen LogP contribution in [0.4, 0.5) is 0 Å². The Morgan fingerprint density at radius 3 is 1.38 bits per heavy atom. The van der Waals surface area contributed by atoms with Gasteiger partial charge < -0.3 is 35.2 Å². The summed E-state index contributed by atoms with van der Waals surface area (Å²) in [6.45, 7) is 3.44. The number of carbonyl (C=O) groups is 1. The van der Waals surface area contributed by atoms with Gasteiger partial charge >= 0.3 is 10.4 Å². The predicted octanol–water partition coefficient (Wildman–Crippen LogP) is 9.39. The highest BCUT2D eigenvalue weighted by Gasteiger charge is 2.48. The van der Waals surface area contributed by atoms with Crippen LogP contribution in [-0.4, -0.2) is 95.4 Å². The normalized spacial score (nSPS) is 21.0. The van der Waals surface area contributed by atoms with Crippen molar-refractivity contribution in [1.82, 2.24) is 5.32 Å². The molecule has 12 nitrogen and oxygen atoms in total. The summed E-state index contributed by atoms with van der Waals surface area (Å²) in [7, 11) is -5.07. The number of hydrogen-bond acceptors (Lipinski definition) is 10. The second-order valence-electron chi connectivity index (χ2n) is 17.1. The Morgan fingerprint density at radius 2 is 1.00 bits per heavy atom. The number of carbonyl (C=O) groups excluding carboxylic acids is 1. The van der Waals surface area contributed by atoms with E-state index >= 15 is 0 Å². The van der Waals surface area contributed by atoms with E-state index in [9.17, 15) is 38.2 Å². The highest BCUT2D eigenvalue weighted by atomic mass is 32.3. The van der Waals surface area contributed by atoms with Gasteiger partial charge in [0.15, 0.2) is 6.29 Å². The first-order valence-electron chi connectivity index (χ1n) is 23.9. The topological polar surface area (TPSA) is 192 Å². The Balaban J connectivity index is 2.41. The molecule has 7 unspecified atom stereocenters. The lowest BCUT2D eigenvalue weighted by atomic mass is 9.99. The van der Waals surface area contributed by atoms with E-state index in [0.29, 0.717) is 12.8 Å². The van der Waals surface area contributed by atoms with Gasteiger partial charge in [-0.05, 0) is 12.8 Å². The zero-order valence-electron chi connectivity index (χ0n) is 36.9. The molecular formula is C45H89NO11S. The third kappa shape index (κ3) is 29.4. The molecule has 0 aromatic rings. The number of unbranched alkanes of at least 4 members (excludes halogenated alkanes) is 29. The van der Waals surface area contributed by atoms with E-state index in [4.69, 9.17) is 9.47 Å². The van der Waals surface area contributed by atoms with Crippen LogP contribution in [0.5, 0.6) is 0 Å². The third-order valence-electron chi connectivity index (χ3n) is 11.7. The number of aliphatic hydroxyl groups excluding tert-OH is 4. The van der Waals surface area contributed by atoms with E-state index in [2.05, 4.69) is 23.3 Å². The first-order chi connectivity index (χ1) is 28.0. The average molecular weight is 852 g/mol. The van der Waals surface area contributed by atoms with Crippen LogP contribution in [0.3, 0.4) is 0 Å². The Labute approximate surface area is 354 Å². The first kappa shape index (κ1) is 55.1. The Bertz CT molecular complexity index is 1050. The molecule has 0 radical (unpaired) electrons. The smallest absolute Gasteiger partial charge is 0.394 e. The highest BCUT2D eigenvalue weighted by molar-refractivity contribution is 7.80. The van der Waals surface area contributed by atoms with Gasteiger partial charge in [-0.3, -0.25) is 9.35 Å². The molecular weight excluding hydrogens is 763 g/mol. The van der Waals surface area contributed by atoms with E-state index in [1.807, 2.05) is 0 Å². The molecule has 1 aliphatic heterocycles. The minimum atomic E-state index is -5.07. The number of rotatable bonds is 41. The van der Waals surface area contributed by atoms with E-state index in [1.54, 1.807) is 0 Å². The molecule has 1 heterocycles. The van der Waals surface area contributed by atoms with Gasteiger partial charge in [-0.1, -0.05) is 206 Å². The molecule has 0 spiro atoms. The molecule has 58 heavy (non-hydrogen) atoms. The van der Waals surface area contributed by atoms with Gasteiger partial charge in [0, 0.05) is 6.42 Å². The number of amides is 1. The Morgan fingerprint density at radius 1 is 0.621 bits per heavy atom. The maximum atomic E-state index is 13.0. The van der Waals surface area contributed by atoms with Gasteiger partial charge in [0.2, 0.25) is 5.91 Å². The number of aliphatic hydroxyl groups is 4. The molecule has 0 bridgehead atoms.